The molecule has 0 aliphatic carbocycles. The Balaban J connectivity index is 1.67. The minimum absolute atomic E-state index is 0.0474. The molecule has 2 aromatic heterocycles. The highest BCUT2D eigenvalue weighted by Gasteiger charge is 2.19. The molecule has 0 radical (unpaired) electrons. The molecule has 0 bridgehead atoms. The van der Waals surface area contributed by atoms with Crippen molar-refractivity contribution < 1.29 is 22.7 Å². The number of benzene rings is 1. The van der Waals surface area contributed by atoms with Crippen LogP contribution >= 0.6 is 22.7 Å². The third-order valence-corrected chi connectivity index (χ3v) is 7.60. The maximum absolute atomic E-state index is 12.6. The van der Waals surface area contributed by atoms with Crippen LogP contribution < -0.4 is 5.32 Å². The van der Waals surface area contributed by atoms with E-state index >= 15 is 0 Å². The lowest BCUT2D eigenvalue weighted by Gasteiger charge is -2.13. The van der Waals surface area contributed by atoms with Crippen molar-refractivity contribution in [1.29, 1.82) is 0 Å². The van der Waals surface area contributed by atoms with Crippen LogP contribution in [0.25, 0.3) is 11.6 Å². The van der Waals surface area contributed by atoms with E-state index in [0.717, 1.165) is 14.1 Å². The summed E-state index contributed by atoms with van der Waals surface area (Å²) in [5.41, 5.74) is 0.654. The predicted octanol–water partition coefficient (Wildman–Crippen LogP) is 3.78. The van der Waals surface area contributed by atoms with E-state index in [4.69, 9.17) is 4.74 Å². The molecule has 0 atom stereocenters. The number of rotatable bonds is 8. The van der Waals surface area contributed by atoms with Crippen LogP contribution in [0, 0.1) is 0 Å². The van der Waals surface area contributed by atoms with Gasteiger partial charge in [0.05, 0.1) is 10.5 Å². The summed E-state index contributed by atoms with van der Waals surface area (Å²) < 4.78 is 30.8. The highest BCUT2D eigenvalue weighted by atomic mass is 32.2. The number of esters is 1. The third-order valence-electron chi connectivity index (χ3n) is 4.07. The maximum Gasteiger partial charge on any atom is 0.340 e. The average Bonchev–Trinajstić information content (AvgIpc) is 3.44. The molecule has 2 heterocycles. The fourth-order valence-corrected chi connectivity index (χ4v) is 4.86. The molecule has 31 heavy (non-hydrogen) atoms. The number of sulfonamides is 1. The molecule has 1 amide bonds. The third kappa shape index (κ3) is 5.88. The molecule has 0 aliphatic heterocycles. The van der Waals surface area contributed by atoms with Crippen molar-refractivity contribution in [3.63, 3.8) is 0 Å². The Morgan fingerprint density at radius 2 is 1.81 bits per heavy atom. The topological polar surface area (TPSA) is 92.8 Å². The molecule has 0 saturated carbocycles. The molecule has 1 aromatic carbocycles. The van der Waals surface area contributed by atoms with Crippen LogP contribution in [0.5, 0.6) is 0 Å². The van der Waals surface area contributed by atoms with Gasteiger partial charge in [0.2, 0.25) is 10.0 Å². The fraction of sp³-hybridized carbons (Fsp3) is 0.143. The number of nitrogens with zero attached hydrogens (tertiary/aromatic N) is 1. The Kier molecular flexibility index (Phi) is 7.39. The van der Waals surface area contributed by atoms with Crippen molar-refractivity contribution in [3.05, 3.63) is 69.0 Å². The maximum atomic E-state index is 12.6. The fourth-order valence-electron chi connectivity index (χ4n) is 2.53. The van der Waals surface area contributed by atoms with Crippen LogP contribution in [0.4, 0.5) is 5.69 Å². The average molecular weight is 477 g/mol. The number of thiophene rings is 2. The van der Waals surface area contributed by atoms with E-state index in [2.05, 4.69) is 5.32 Å². The van der Waals surface area contributed by atoms with Gasteiger partial charge in [0.1, 0.15) is 0 Å². The molecule has 1 N–H and O–H groups in total. The molecule has 10 heteroatoms. The smallest absolute Gasteiger partial charge is 0.340 e. The second-order valence-corrected chi connectivity index (χ2v) is 10.6. The Bertz CT molecular complexity index is 1180. The van der Waals surface area contributed by atoms with Gasteiger partial charge in [-0.15, -0.1) is 22.7 Å². The second-order valence-electron chi connectivity index (χ2n) is 6.49. The molecule has 3 rings (SSSR count). The van der Waals surface area contributed by atoms with Crippen LogP contribution in [-0.4, -0.2) is 45.3 Å². The van der Waals surface area contributed by atoms with Crippen molar-refractivity contribution in [2.75, 3.05) is 26.0 Å². The van der Waals surface area contributed by atoms with Gasteiger partial charge in [-0.2, -0.15) is 0 Å². The van der Waals surface area contributed by atoms with Gasteiger partial charge >= 0.3 is 5.97 Å². The summed E-state index contributed by atoms with van der Waals surface area (Å²) in [4.78, 5) is 26.6. The number of amides is 1. The number of carbonyl (C=O) groups is 2. The van der Waals surface area contributed by atoms with E-state index < -0.39 is 28.5 Å². The number of hydrogen-bond donors (Lipinski definition) is 1. The standard InChI is InChI=1S/C21H20N2O5S3/c1-23(2)31(26,27)17-8-3-6-15(12-17)22-20(24)14-28-21(25)18(19-9-5-11-30-19)13-16-7-4-10-29-16/h3-13H,14H2,1-2H3,(H,22,24)/b18-13+. The highest BCUT2D eigenvalue weighted by molar-refractivity contribution is 7.89. The van der Waals surface area contributed by atoms with Gasteiger partial charge in [-0.05, 0) is 47.2 Å². The number of hydrogen-bond acceptors (Lipinski definition) is 7. The van der Waals surface area contributed by atoms with Gasteiger partial charge in [0.25, 0.3) is 5.91 Å². The lowest BCUT2D eigenvalue weighted by Crippen LogP contribution is -2.23. The molecule has 0 fully saturated rings. The van der Waals surface area contributed by atoms with Crippen LogP contribution in [0.3, 0.4) is 0 Å². The molecule has 0 spiro atoms. The largest absolute Gasteiger partial charge is 0.452 e. The van der Waals surface area contributed by atoms with Crippen molar-refractivity contribution in [3.8, 4) is 0 Å². The summed E-state index contributed by atoms with van der Waals surface area (Å²) in [6.45, 7) is -0.503. The van der Waals surface area contributed by atoms with E-state index in [9.17, 15) is 18.0 Å². The van der Waals surface area contributed by atoms with E-state index in [1.165, 1.54) is 55.0 Å². The van der Waals surface area contributed by atoms with Crippen LogP contribution in [0.1, 0.15) is 9.75 Å². The first kappa shape index (κ1) is 22.9. The summed E-state index contributed by atoms with van der Waals surface area (Å²) in [6.07, 6.45) is 1.73. The van der Waals surface area contributed by atoms with Crippen molar-refractivity contribution >= 4 is 61.9 Å². The van der Waals surface area contributed by atoms with Crippen LogP contribution in [0.2, 0.25) is 0 Å². The van der Waals surface area contributed by atoms with Crippen LogP contribution in [-0.2, 0) is 24.3 Å². The Hall–Kier alpha value is -2.79. The van der Waals surface area contributed by atoms with E-state index in [1.807, 2.05) is 35.0 Å². The van der Waals surface area contributed by atoms with Gasteiger partial charge < -0.3 is 10.1 Å². The van der Waals surface area contributed by atoms with Gasteiger partial charge in [-0.3, -0.25) is 4.79 Å². The quantitative estimate of drug-likeness (QED) is 0.395. The Morgan fingerprint density at radius 1 is 1.06 bits per heavy atom. The molecule has 0 aliphatic rings. The predicted molar refractivity (Wildman–Crippen MR) is 123 cm³/mol. The summed E-state index contributed by atoms with van der Waals surface area (Å²) in [7, 11) is -0.780. The minimum Gasteiger partial charge on any atom is -0.452 e. The lowest BCUT2D eigenvalue weighted by molar-refractivity contribution is -0.141. The van der Waals surface area contributed by atoms with E-state index in [1.54, 1.807) is 12.1 Å². The highest BCUT2D eigenvalue weighted by Crippen LogP contribution is 2.26. The summed E-state index contributed by atoms with van der Waals surface area (Å²) in [5.74, 6) is -1.19. The lowest BCUT2D eigenvalue weighted by atomic mass is 10.2. The van der Waals surface area contributed by atoms with Gasteiger partial charge in [-0.1, -0.05) is 18.2 Å². The van der Waals surface area contributed by atoms with E-state index in [0.29, 0.717) is 5.57 Å². The first-order valence-electron chi connectivity index (χ1n) is 9.06. The minimum atomic E-state index is -3.63. The van der Waals surface area contributed by atoms with Crippen molar-refractivity contribution in [1.82, 2.24) is 4.31 Å². The zero-order valence-electron chi connectivity index (χ0n) is 16.8. The van der Waals surface area contributed by atoms with Crippen molar-refractivity contribution in [2.24, 2.45) is 0 Å². The zero-order valence-corrected chi connectivity index (χ0v) is 19.2. The Morgan fingerprint density at radius 3 is 2.45 bits per heavy atom. The molecular weight excluding hydrogens is 456 g/mol. The summed E-state index contributed by atoms with van der Waals surface area (Å²) >= 11 is 2.88. The normalized spacial score (nSPS) is 12.0. The van der Waals surface area contributed by atoms with Crippen LogP contribution in [0.15, 0.2) is 64.2 Å². The monoisotopic (exact) mass is 476 g/mol. The molecular formula is C21H20N2O5S3. The first-order valence-corrected chi connectivity index (χ1v) is 12.3. The van der Waals surface area contributed by atoms with Gasteiger partial charge in [0, 0.05) is 29.5 Å². The molecule has 7 nitrogen and oxygen atoms in total. The number of carbonyl (C=O) groups excluding carboxylic acids is 2. The first-order chi connectivity index (χ1) is 14.8. The number of anilines is 1. The molecule has 0 saturated heterocycles. The van der Waals surface area contributed by atoms with Crippen molar-refractivity contribution in [2.45, 2.75) is 4.90 Å². The molecule has 3 aromatic rings. The Labute approximate surface area is 188 Å². The SMILES string of the molecule is CN(C)S(=O)(=O)c1cccc(NC(=O)COC(=O)/C(=C/c2cccs2)c2cccs2)c1. The molecule has 162 valence electrons. The van der Waals surface area contributed by atoms with E-state index in [-0.39, 0.29) is 10.6 Å². The van der Waals surface area contributed by atoms with Gasteiger partial charge in [0.15, 0.2) is 6.61 Å². The summed E-state index contributed by atoms with van der Waals surface area (Å²) in [5, 5.41) is 6.31. The number of ether oxygens (including phenoxy) is 1. The molecule has 0 unspecified atom stereocenters. The summed E-state index contributed by atoms with van der Waals surface area (Å²) in [6, 6.07) is 13.3. The zero-order chi connectivity index (χ0) is 22.4. The van der Waals surface area contributed by atoms with Gasteiger partial charge in [-0.25, -0.2) is 17.5 Å². The number of nitrogens with one attached hydrogen (secondary N) is 1. The second kappa shape index (κ2) is 10.0.